The van der Waals surface area contributed by atoms with Crippen molar-refractivity contribution in [2.24, 2.45) is 0 Å². The van der Waals surface area contributed by atoms with E-state index >= 15 is 0 Å². The summed E-state index contributed by atoms with van der Waals surface area (Å²) in [6, 6.07) is 8.07. The average Bonchev–Trinajstić information content (AvgIpc) is 2.27. The topological polar surface area (TPSA) is 29.5 Å². The van der Waals surface area contributed by atoms with Crippen molar-refractivity contribution in [2.45, 2.75) is 58.7 Å². The van der Waals surface area contributed by atoms with Gasteiger partial charge in [0.2, 0.25) is 0 Å². The lowest BCUT2D eigenvalue weighted by Gasteiger charge is -2.22. The summed E-state index contributed by atoms with van der Waals surface area (Å²) in [5.74, 6) is 0.939. The van der Waals surface area contributed by atoms with Gasteiger partial charge in [0.1, 0.15) is 5.75 Å². The van der Waals surface area contributed by atoms with E-state index < -0.39 is 5.60 Å². The molecule has 1 rings (SSSR count). The van der Waals surface area contributed by atoms with E-state index in [9.17, 15) is 5.11 Å². The molecule has 0 spiro atoms. The highest BCUT2D eigenvalue weighted by atomic mass is 16.5. The predicted octanol–water partition coefficient (Wildman–Crippen LogP) is 3.57. The molecule has 0 radical (unpaired) electrons. The van der Waals surface area contributed by atoms with Crippen molar-refractivity contribution in [3.63, 3.8) is 0 Å². The van der Waals surface area contributed by atoms with Gasteiger partial charge in [0.05, 0.1) is 11.7 Å². The van der Waals surface area contributed by atoms with Gasteiger partial charge in [0.25, 0.3) is 0 Å². The Morgan fingerprint density at radius 1 is 1.29 bits per heavy atom. The molecule has 0 fully saturated rings. The predicted molar refractivity (Wildman–Crippen MR) is 71.4 cm³/mol. The normalized spacial score (nSPS) is 14.7. The first-order valence-electron chi connectivity index (χ1n) is 6.41. The first-order valence-corrected chi connectivity index (χ1v) is 6.41. The van der Waals surface area contributed by atoms with Crippen molar-refractivity contribution in [3.05, 3.63) is 29.8 Å². The molecule has 0 saturated heterocycles. The Hall–Kier alpha value is -1.02. The highest BCUT2D eigenvalue weighted by molar-refractivity contribution is 5.33. The van der Waals surface area contributed by atoms with Crippen molar-refractivity contribution in [2.75, 3.05) is 0 Å². The molecule has 2 heteroatoms. The van der Waals surface area contributed by atoms with Crippen LogP contribution in [0.3, 0.4) is 0 Å². The molecule has 0 amide bonds. The number of para-hydroxylation sites is 1. The van der Waals surface area contributed by atoms with Crippen molar-refractivity contribution in [1.29, 1.82) is 0 Å². The van der Waals surface area contributed by atoms with Crippen molar-refractivity contribution in [3.8, 4) is 5.75 Å². The monoisotopic (exact) mass is 236 g/mol. The maximum absolute atomic E-state index is 10.0. The molecule has 96 valence electrons. The van der Waals surface area contributed by atoms with Gasteiger partial charge in [-0.25, -0.2) is 0 Å². The van der Waals surface area contributed by atoms with Gasteiger partial charge in [-0.05, 0) is 51.7 Å². The maximum Gasteiger partial charge on any atom is 0.122 e. The van der Waals surface area contributed by atoms with Crippen LogP contribution in [0.15, 0.2) is 24.3 Å². The molecule has 1 aromatic rings. The minimum Gasteiger partial charge on any atom is -0.491 e. The average molecular weight is 236 g/mol. The van der Waals surface area contributed by atoms with Gasteiger partial charge < -0.3 is 9.84 Å². The van der Waals surface area contributed by atoms with Gasteiger partial charge in [0, 0.05) is 0 Å². The molecule has 1 atom stereocenters. The van der Waals surface area contributed by atoms with Crippen molar-refractivity contribution >= 4 is 0 Å². The highest BCUT2D eigenvalue weighted by Crippen LogP contribution is 2.24. The Morgan fingerprint density at radius 3 is 2.53 bits per heavy atom. The summed E-state index contributed by atoms with van der Waals surface area (Å²) >= 11 is 0. The Bertz CT molecular complexity index is 343. The number of hydrogen-bond acceptors (Lipinski definition) is 2. The van der Waals surface area contributed by atoms with Crippen LogP contribution in [0.5, 0.6) is 5.75 Å². The van der Waals surface area contributed by atoms with E-state index in [4.69, 9.17) is 4.74 Å². The van der Waals surface area contributed by atoms with Gasteiger partial charge in [0.15, 0.2) is 0 Å². The van der Waals surface area contributed by atoms with E-state index in [-0.39, 0.29) is 6.10 Å². The lowest BCUT2D eigenvalue weighted by molar-refractivity contribution is 0.0471. The van der Waals surface area contributed by atoms with Gasteiger partial charge >= 0.3 is 0 Å². The van der Waals surface area contributed by atoms with E-state index in [1.54, 1.807) is 0 Å². The van der Waals surface area contributed by atoms with E-state index in [1.165, 1.54) is 5.56 Å². The fraction of sp³-hybridized carbons (Fsp3) is 0.600. The van der Waals surface area contributed by atoms with Gasteiger partial charge in [-0.15, -0.1) is 0 Å². The second kappa shape index (κ2) is 6.06. The molecule has 0 aliphatic rings. The molecule has 0 bridgehead atoms. The van der Waals surface area contributed by atoms with Crippen molar-refractivity contribution in [1.82, 2.24) is 0 Å². The summed E-state index contributed by atoms with van der Waals surface area (Å²) in [4.78, 5) is 0. The second-order valence-electron chi connectivity index (χ2n) is 5.12. The highest BCUT2D eigenvalue weighted by Gasteiger charge is 2.18. The Morgan fingerprint density at radius 2 is 1.94 bits per heavy atom. The summed E-state index contributed by atoms with van der Waals surface area (Å²) < 4.78 is 5.76. The van der Waals surface area contributed by atoms with Crippen LogP contribution in [-0.4, -0.2) is 16.8 Å². The Balaban J connectivity index is 2.70. The Labute approximate surface area is 105 Å². The van der Waals surface area contributed by atoms with Crippen molar-refractivity contribution < 1.29 is 9.84 Å². The maximum atomic E-state index is 10.0. The summed E-state index contributed by atoms with van der Waals surface area (Å²) in [5.41, 5.74) is 0.597. The quantitative estimate of drug-likeness (QED) is 0.818. The molecule has 0 aliphatic carbocycles. The van der Waals surface area contributed by atoms with E-state index in [1.807, 2.05) is 45.9 Å². The third-order valence-electron chi connectivity index (χ3n) is 3.03. The van der Waals surface area contributed by atoms with Crippen LogP contribution in [0.4, 0.5) is 0 Å². The van der Waals surface area contributed by atoms with Crippen LogP contribution in [-0.2, 0) is 6.42 Å². The molecule has 1 unspecified atom stereocenters. The van der Waals surface area contributed by atoms with E-state index in [2.05, 4.69) is 6.07 Å². The first-order chi connectivity index (χ1) is 7.94. The zero-order chi connectivity index (χ0) is 12.9. The molecular weight excluding hydrogens is 212 g/mol. The largest absolute Gasteiger partial charge is 0.491 e. The van der Waals surface area contributed by atoms with Gasteiger partial charge in [-0.1, -0.05) is 25.1 Å². The van der Waals surface area contributed by atoms with E-state index in [0.717, 1.165) is 25.0 Å². The van der Waals surface area contributed by atoms with Crippen LogP contribution >= 0.6 is 0 Å². The number of benzene rings is 1. The molecule has 0 heterocycles. The van der Waals surface area contributed by atoms with Gasteiger partial charge in [-0.3, -0.25) is 0 Å². The minimum absolute atomic E-state index is 0.183. The molecule has 0 aliphatic heterocycles. The summed E-state index contributed by atoms with van der Waals surface area (Å²) in [6.45, 7) is 7.95. The van der Waals surface area contributed by atoms with Crippen LogP contribution in [0.25, 0.3) is 0 Å². The smallest absolute Gasteiger partial charge is 0.122 e. The van der Waals surface area contributed by atoms with Crippen LogP contribution in [0.2, 0.25) is 0 Å². The zero-order valence-electron chi connectivity index (χ0n) is 11.4. The van der Waals surface area contributed by atoms with Gasteiger partial charge in [-0.2, -0.15) is 0 Å². The zero-order valence-corrected chi connectivity index (χ0v) is 11.4. The van der Waals surface area contributed by atoms with Crippen LogP contribution in [0.1, 0.15) is 46.1 Å². The number of hydrogen-bond donors (Lipinski definition) is 1. The Kier molecular flexibility index (Phi) is 5.01. The summed E-state index contributed by atoms with van der Waals surface area (Å²) in [7, 11) is 0. The lowest BCUT2D eigenvalue weighted by Crippen LogP contribution is -2.23. The van der Waals surface area contributed by atoms with Crippen LogP contribution in [0, 0.1) is 0 Å². The fourth-order valence-electron chi connectivity index (χ4n) is 1.66. The number of rotatable bonds is 6. The third kappa shape index (κ3) is 4.78. The molecule has 1 N–H and O–H groups in total. The molecule has 1 aromatic carbocycles. The fourth-order valence-corrected chi connectivity index (χ4v) is 1.66. The summed E-state index contributed by atoms with van der Waals surface area (Å²) in [6.07, 6.45) is 2.58. The second-order valence-corrected chi connectivity index (χ2v) is 5.12. The third-order valence-corrected chi connectivity index (χ3v) is 3.03. The molecule has 0 aromatic heterocycles. The van der Waals surface area contributed by atoms with Crippen LogP contribution < -0.4 is 4.74 Å². The summed E-state index contributed by atoms with van der Waals surface area (Å²) in [5, 5.41) is 10.0. The number of aliphatic hydroxyl groups is 1. The first kappa shape index (κ1) is 14.0. The van der Waals surface area contributed by atoms with E-state index in [0.29, 0.717) is 0 Å². The molecule has 0 saturated carbocycles. The number of ether oxygens (including phenoxy) is 1. The molecular formula is C15H24O2. The standard InChI is InChI=1S/C15H24O2/c1-5-15(4,16)11-10-13-8-6-7-9-14(13)17-12(2)3/h6-9,12,16H,5,10-11H2,1-4H3. The SMILES string of the molecule is CCC(C)(O)CCc1ccccc1OC(C)C. The lowest BCUT2D eigenvalue weighted by atomic mass is 9.94. The molecule has 2 nitrogen and oxygen atoms in total. The molecule has 17 heavy (non-hydrogen) atoms. The minimum atomic E-state index is -0.578. The number of aryl methyl sites for hydroxylation is 1.